The van der Waals surface area contributed by atoms with Crippen molar-refractivity contribution in [3.63, 3.8) is 0 Å². The molecular formula is C19H17FN2O2S. The minimum atomic E-state index is -0.398. The number of amides is 2. The Morgan fingerprint density at radius 3 is 2.28 bits per heavy atom. The van der Waals surface area contributed by atoms with Crippen LogP contribution in [-0.2, 0) is 9.59 Å². The van der Waals surface area contributed by atoms with E-state index >= 15 is 0 Å². The summed E-state index contributed by atoms with van der Waals surface area (Å²) in [5.74, 6) is -1.05. The smallest absolute Gasteiger partial charge is 0.282 e. The number of hydrogen-bond donors (Lipinski definition) is 0. The Kier molecular flexibility index (Phi) is 4.13. The molecule has 0 atom stereocenters. The molecule has 2 aliphatic heterocycles. The second kappa shape index (κ2) is 6.44. The van der Waals surface area contributed by atoms with E-state index in [0.717, 1.165) is 37.2 Å². The molecule has 128 valence electrons. The van der Waals surface area contributed by atoms with E-state index < -0.39 is 5.82 Å². The van der Waals surface area contributed by atoms with Crippen molar-refractivity contribution < 1.29 is 14.0 Å². The van der Waals surface area contributed by atoms with Crippen LogP contribution in [-0.4, -0.2) is 29.8 Å². The fourth-order valence-electron chi connectivity index (χ4n) is 3.40. The molecule has 4 nitrogen and oxygen atoms in total. The Morgan fingerprint density at radius 1 is 0.920 bits per heavy atom. The number of likely N-dealkylation sites (tertiary alicyclic amines) is 1. The van der Waals surface area contributed by atoms with Gasteiger partial charge in [0, 0.05) is 18.0 Å². The number of imide groups is 1. The minimum Gasteiger partial charge on any atom is -0.366 e. The number of anilines is 1. The Balaban J connectivity index is 1.79. The van der Waals surface area contributed by atoms with Gasteiger partial charge in [-0.25, -0.2) is 9.29 Å². The maximum atomic E-state index is 13.2. The second-order valence-corrected chi connectivity index (χ2v) is 7.12. The molecule has 0 bridgehead atoms. The summed E-state index contributed by atoms with van der Waals surface area (Å²) in [6, 6.07) is 9.20. The summed E-state index contributed by atoms with van der Waals surface area (Å²) in [5, 5.41) is 1.90. The Hall–Kier alpha value is -2.47. The van der Waals surface area contributed by atoms with Crippen molar-refractivity contribution in [3.05, 3.63) is 58.2 Å². The van der Waals surface area contributed by atoms with Gasteiger partial charge in [-0.3, -0.25) is 9.59 Å². The third-order valence-electron chi connectivity index (χ3n) is 4.58. The topological polar surface area (TPSA) is 40.6 Å². The molecule has 1 fully saturated rings. The lowest BCUT2D eigenvalue weighted by molar-refractivity contribution is -0.120. The van der Waals surface area contributed by atoms with Crippen molar-refractivity contribution in [2.45, 2.75) is 19.3 Å². The first-order valence-corrected chi connectivity index (χ1v) is 9.22. The van der Waals surface area contributed by atoms with E-state index in [1.54, 1.807) is 0 Å². The average molecular weight is 356 g/mol. The van der Waals surface area contributed by atoms with E-state index in [4.69, 9.17) is 0 Å². The van der Waals surface area contributed by atoms with E-state index in [-0.39, 0.29) is 11.8 Å². The molecule has 25 heavy (non-hydrogen) atoms. The van der Waals surface area contributed by atoms with Gasteiger partial charge >= 0.3 is 0 Å². The summed E-state index contributed by atoms with van der Waals surface area (Å²) in [7, 11) is 0. The van der Waals surface area contributed by atoms with Gasteiger partial charge in [0.25, 0.3) is 11.8 Å². The van der Waals surface area contributed by atoms with Gasteiger partial charge in [0.15, 0.2) is 0 Å². The van der Waals surface area contributed by atoms with Crippen LogP contribution in [0.15, 0.2) is 47.5 Å². The molecule has 1 saturated heterocycles. The number of nitrogens with zero attached hydrogens (tertiary/aromatic N) is 2. The fourth-order valence-corrected chi connectivity index (χ4v) is 4.16. The minimum absolute atomic E-state index is 0.318. The van der Waals surface area contributed by atoms with Gasteiger partial charge in [-0.1, -0.05) is 6.07 Å². The number of halogens is 1. The standard InChI is InChI=1S/C19H17FN2O2S/c20-13-6-8-14(9-7-13)22-18(23)16(15-5-4-12-25-15)17(19(22)24)21-10-2-1-3-11-21/h4-9,12H,1-3,10-11H2. The summed E-state index contributed by atoms with van der Waals surface area (Å²) in [6.45, 7) is 1.56. The molecule has 0 radical (unpaired) electrons. The monoisotopic (exact) mass is 356 g/mol. The zero-order chi connectivity index (χ0) is 17.4. The Bertz CT molecular complexity index is 837. The zero-order valence-electron chi connectivity index (χ0n) is 13.6. The van der Waals surface area contributed by atoms with Crippen molar-refractivity contribution in [2.75, 3.05) is 18.0 Å². The molecule has 0 saturated carbocycles. The lowest BCUT2D eigenvalue weighted by Gasteiger charge is -2.29. The van der Waals surface area contributed by atoms with Gasteiger partial charge in [-0.2, -0.15) is 0 Å². The maximum absolute atomic E-state index is 13.2. The Morgan fingerprint density at radius 2 is 1.64 bits per heavy atom. The molecule has 4 rings (SSSR count). The van der Waals surface area contributed by atoms with Crippen molar-refractivity contribution in [1.82, 2.24) is 4.90 Å². The van der Waals surface area contributed by atoms with Gasteiger partial charge < -0.3 is 4.90 Å². The van der Waals surface area contributed by atoms with Gasteiger partial charge in [-0.15, -0.1) is 11.3 Å². The number of hydrogen-bond acceptors (Lipinski definition) is 4. The summed E-state index contributed by atoms with van der Waals surface area (Å²) < 4.78 is 13.2. The van der Waals surface area contributed by atoms with E-state index in [1.165, 1.54) is 40.5 Å². The second-order valence-electron chi connectivity index (χ2n) is 6.17. The lowest BCUT2D eigenvalue weighted by Crippen LogP contribution is -2.37. The fraction of sp³-hybridized carbons (Fsp3) is 0.263. The van der Waals surface area contributed by atoms with Crippen molar-refractivity contribution in [3.8, 4) is 0 Å². The highest BCUT2D eigenvalue weighted by molar-refractivity contribution is 7.11. The molecule has 3 heterocycles. The van der Waals surface area contributed by atoms with Crippen LogP contribution in [0.25, 0.3) is 5.57 Å². The van der Waals surface area contributed by atoms with Crippen LogP contribution in [0.5, 0.6) is 0 Å². The molecule has 2 aliphatic rings. The van der Waals surface area contributed by atoms with Crippen LogP contribution < -0.4 is 4.90 Å². The van der Waals surface area contributed by atoms with Crippen LogP contribution >= 0.6 is 11.3 Å². The number of carbonyl (C=O) groups excluding carboxylic acids is 2. The Labute approximate surface area is 149 Å². The molecule has 1 aromatic heterocycles. The van der Waals surface area contributed by atoms with E-state index in [9.17, 15) is 14.0 Å². The van der Waals surface area contributed by atoms with Crippen molar-refractivity contribution >= 4 is 34.4 Å². The number of piperidine rings is 1. The number of rotatable bonds is 3. The molecule has 2 amide bonds. The molecule has 2 aromatic rings. The van der Waals surface area contributed by atoms with Crippen LogP contribution in [0.3, 0.4) is 0 Å². The average Bonchev–Trinajstić information content (AvgIpc) is 3.23. The quantitative estimate of drug-likeness (QED) is 0.788. The third kappa shape index (κ3) is 2.76. The van der Waals surface area contributed by atoms with Gasteiger partial charge in [0.2, 0.25) is 0 Å². The van der Waals surface area contributed by atoms with Crippen LogP contribution in [0.1, 0.15) is 24.1 Å². The number of benzene rings is 1. The van der Waals surface area contributed by atoms with Gasteiger partial charge in [-0.05, 0) is 55.0 Å². The predicted molar refractivity (Wildman–Crippen MR) is 95.6 cm³/mol. The van der Waals surface area contributed by atoms with Gasteiger partial charge in [0.1, 0.15) is 11.5 Å². The first kappa shape index (κ1) is 16.0. The summed E-state index contributed by atoms with van der Waals surface area (Å²) in [5.41, 5.74) is 1.35. The van der Waals surface area contributed by atoms with Crippen molar-refractivity contribution in [1.29, 1.82) is 0 Å². The molecule has 0 N–H and O–H groups in total. The van der Waals surface area contributed by atoms with Crippen molar-refractivity contribution in [2.24, 2.45) is 0 Å². The van der Waals surface area contributed by atoms with Crippen LogP contribution in [0.2, 0.25) is 0 Å². The number of carbonyl (C=O) groups is 2. The summed E-state index contributed by atoms with van der Waals surface area (Å²) in [6.07, 6.45) is 3.17. The molecular weight excluding hydrogens is 339 g/mol. The van der Waals surface area contributed by atoms with E-state index in [2.05, 4.69) is 0 Å². The van der Waals surface area contributed by atoms with E-state index in [1.807, 2.05) is 22.4 Å². The lowest BCUT2D eigenvalue weighted by atomic mass is 10.1. The highest BCUT2D eigenvalue weighted by Gasteiger charge is 2.42. The zero-order valence-corrected chi connectivity index (χ0v) is 14.4. The van der Waals surface area contributed by atoms with E-state index in [0.29, 0.717) is 17.0 Å². The molecule has 1 aromatic carbocycles. The predicted octanol–water partition coefficient (Wildman–Crippen LogP) is 3.66. The molecule has 0 unspecified atom stereocenters. The number of thiophene rings is 1. The maximum Gasteiger partial charge on any atom is 0.282 e. The molecule has 0 aliphatic carbocycles. The first-order valence-electron chi connectivity index (χ1n) is 8.34. The highest BCUT2D eigenvalue weighted by atomic mass is 32.1. The first-order chi connectivity index (χ1) is 12.2. The molecule has 6 heteroatoms. The van der Waals surface area contributed by atoms with Crippen LogP contribution in [0.4, 0.5) is 10.1 Å². The summed E-state index contributed by atoms with van der Waals surface area (Å²) >= 11 is 1.45. The molecule has 0 spiro atoms. The SMILES string of the molecule is O=C1C(c2cccs2)=C(N2CCCCC2)C(=O)N1c1ccc(F)cc1. The highest BCUT2D eigenvalue weighted by Crippen LogP contribution is 2.37. The van der Waals surface area contributed by atoms with Gasteiger partial charge in [0.05, 0.1) is 11.3 Å². The summed E-state index contributed by atoms with van der Waals surface area (Å²) in [4.78, 5) is 30.2. The third-order valence-corrected chi connectivity index (χ3v) is 5.47. The largest absolute Gasteiger partial charge is 0.366 e. The van der Waals surface area contributed by atoms with Crippen LogP contribution in [0, 0.1) is 5.82 Å². The normalized spacial score (nSPS) is 18.4.